The average molecular weight is 429 g/mol. The highest BCUT2D eigenvalue weighted by molar-refractivity contribution is 6.33. The van der Waals surface area contributed by atoms with Gasteiger partial charge in [-0.25, -0.2) is 22.7 Å². The van der Waals surface area contributed by atoms with Crippen molar-refractivity contribution in [3.8, 4) is 11.1 Å². The summed E-state index contributed by atoms with van der Waals surface area (Å²) in [5, 5.41) is 4.59. The van der Waals surface area contributed by atoms with Crippen LogP contribution in [0.5, 0.6) is 0 Å². The van der Waals surface area contributed by atoms with Crippen molar-refractivity contribution in [2.75, 3.05) is 0 Å². The molecule has 0 aliphatic carbocycles. The molecular weight excluding hydrogens is 413 g/mol. The highest BCUT2D eigenvalue weighted by Crippen LogP contribution is 2.30. The number of aliphatic imine (C=N–C) groups is 1. The van der Waals surface area contributed by atoms with Gasteiger partial charge >= 0.3 is 0 Å². The minimum Gasteiger partial charge on any atom is -0.383 e. The van der Waals surface area contributed by atoms with E-state index < -0.39 is 12.2 Å². The van der Waals surface area contributed by atoms with Crippen molar-refractivity contribution in [3.05, 3.63) is 88.5 Å². The van der Waals surface area contributed by atoms with Gasteiger partial charge in [0, 0.05) is 29.0 Å². The Balaban J connectivity index is 1.74. The number of rotatable bonds is 4. The average Bonchev–Trinajstić information content (AvgIpc) is 3.13. The van der Waals surface area contributed by atoms with Crippen molar-refractivity contribution >= 4 is 28.6 Å². The number of aryl methyl sites for hydroxylation is 1. The third kappa shape index (κ3) is 3.89. The summed E-state index contributed by atoms with van der Waals surface area (Å²) in [7, 11) is 0. The Hall–Kier alpha value is -3.32. The molecule has 0 spiro atoms. The molecule has 0 unspecified atom stereocenters. The molecule has 0 saturated heterocycles. The van der Waals surface area contributed by atoms with Gasteiger partial charge in [0.05, 0.1) is 22.4 Å². The smallest absolute Gasteiger partial charge is 0.263 e. The van der Waals surface area contributed by atoms with Gasteiger partial charge in [-0.15, -0.1) is 0 Å². The molecule has 0 saturated carbocycles. The summed E-state index contributed by atoms with van der Waals surface area (Å²) in [4.78, 5) is 4.20. The normalized spacial score (nSPS) is 12.1. The van der Waals surface area contributed by atoms with Gasteiger partial charge < -0.3 is 5.73 Å². The predicted molar refractivity (Wildman–Crippen MR) is 112 cm³/mol. The molecule has 2 aromatic heterocycles. The fourth-order valence-electron chi connectivity index (χ4n) is 3.14. The van der Waals surface area contributed by atoms with E-state index in [2.05, 4.69) is 10.1 Å². The minimum atomic E-state index is -2.54. The SMILES string of the molecule is Cc1ccc(C(F)F)cc1-c1cc2cc(C(N)=Nc3cc(F)ccc3Cl)cnn2c1. The monoisotopic (exact) mass is 428 g/mol. The van der Waals surface area contributed by atoms with Crippen molar-refractivity contribution in [1.29, 1.82) is 0 Å². The number of nitrogens with two attached hydrogens (primary N) is 1. The lowest BCUT2D eigenvalue weighted by Gasteiger charge is -2.06. The van der Waals surface area contributed by atoms with Gasteiger partial charge in [0.15, 0.2) is 0 Å². The van der Waals surface area contributed by atoms with Crippen LogP contribution >= 0.6 is 11.6 Å². The molecule has 2 aromatic carbocycles. The summed E-state index contributed by atoms with van der Waals surface area (Å²) < 4.78 is 41.3. The van der Waals surface area contributed by atoms with Crippen LogP contribution in [0.1, 0.15) is 23.1 Å². The van der Waals surface area contributed by atoms with E-state index in [0.29, 0.717) is 16.6 Å². The van der Waals surface area contributed by atoms with E-state index in [-0.39, 0.29) is 22.1 Å². The van der Waals surface area contributed by atoms with E-state index in [1.54, 1.807) is 22.8 Å². The number of halogens is 4. The number of amidine groups is 1. The number of hydrogen-bond acceptors (Lipinski definition) is 2. The fraction of sp³-hybridized carbons (Fsp3) is 0.0909. The molecule has 0 fully saturated rings. The second-order valence-electron chi connectivity index (χ2n) is 6.81. The van der Waals surface area contributed by atoms with Crippen LogP contribution in [0.15, 0.2) is 65.9 Å². The van der Waals surface area contributed by atoms with Crippen LogP contribution in [0.4, 0.5) is 18.9 Å². The zero-order chi connectivity index (χ0) is 21.4. The van der Waals surface area contributed by atoms with Crippen LogP contribution < -0.4 is 5.73 Å². The second-order valence-corrected chi connectivity index (χ2v) is 7.22. The molecule has 4 nitrogen and oxygen atoms in total. The number of fused-ring (bicyclic) bond motifs is 1. The molecule has 0 atom stereocenters. The summed E-state index contributed by atoms with van der Waals surface area (Å²) in [6.07, 6.45) is 0.732. The number of nitrogens with zero attached hydrogens (tertiary/aromatic N) is 3. The molecule has 0 bridgehead atoms. The highest BCUT2D eigenvalue weighted by Gasteiger charge is 2.13. The van der Waals surface area contributed by atoms with Crippen LogP contribution in [0.3, 0.4) is 0 Å². The third-order valence-electron chi connectivity index (χ3n) is 4.72. The van der Waals surface area contributed by atoms with Crippen LogP contribution in [-0.2, 0) is 0 Å². The molecular formula is C22H16ClF3N4. The number of hydrogen-bond donors (Lipinski definition) is 1. The first-order valence-corrected chi connectivity index (χ1v) is 9.37. The Morgan fingerprint density at radius 3 is 2.70 bits per heavy atom. The maximum Gasteiger partial charge on any atom is 0.263 e. The Kier molecular flexibility index (Phi) is 5.22. The van der Waals surface area contributed by atoms with Crippen molar-refractivity contribution in [1.82, 2.24) is 9.61 Å². The lowest BCUT2D eigenvalue weighted by Crippen LogP contribution is -2.13. The zero-order valence-electron chi connectivity index (χ0n) is 15.8. The fourth-order valence-corrected chi connectivity index (χ4v) is 3.30. The standard InChI is InChI=1S/C22H16ClF3N4/c1-12-2-3-13(21(25)26)8-18(12)15-7-17-6-14(10-28-30(17)11-15)22(27)29-20-9-16(24)4-5-19(20)23/h2-11,21H,1H3,(H2,27,29). The number of alkyl halides is 2. The summed E-state index contributed by atoms with van der Waals surface area (Å²) >= 11 is 6.04. The first-order valence-electron chi connectivity index (χ1n) is 8.99. The first kappa shape index (κ1) is 20.0. The highest BCUT2D eigenvalue weighted by atomic mass is 35.5. The maximum atomic E-state index is 13.5. The molecule has 0 aliphatic heterocycles. The Labute approximate surface area is 175 Å². The van der Waals surface area contributed by atoms with E-state index in [1.807, 2.05) is 13.0 Å². The van der Waals surface area contributed by atoms with E-state index >= 15 is 0 Å². The van der Waals surface area contributed by atoms with Gasteiger partial charge in [-0.3, -0.25) is 0 Å². The van der Waals surface area contributed by atoms with Crippen LogP contribution in [0.25, 0.3) is 16.6 Å². The van der Waals surface area contributed by atoms with Crippen LogP contribution in [0.2, 0.25) is 5.02 Å². The van der Waals surface area contributed by atoms with Crippen molar-refractivity contribution < 1.29 is 13.2 Å². The molecule has 152 valence electrons. The van der Waals surface area contributed by atoms with Gasteiger partial charge in [-0.05, 0) is 48.4 Å². The molecule has 4 aromatic rings. The van der Waals surface area contributed by atoms with Gasteiger partial charge in [-0.2, -0.15) is 5.10 Å². The summed E-state index contributed by atoms with van der Waals surface area (Å²) in [6.45, 7) is 1.86. The Morgan fingerprint density at radius 1 is 1.13 bits per heavy atom. The van der Waals surface area contributed by atoms with E-state index in [1.165, 1.54) is 36.5 Å². The maximum absolute atomic E-state index is 13.5. The summed E-state index contributed by atoms with van der Waals surface area (Å²) in [5.41, 5.74) is 9.79. The third-order valence-corrected chi connectivity index (χ3v) is 5.04. The van der Waals surface area contributed by atoms with Crippen molar-refractivity contribution in [2.24, 2.45) is 10.7 Å². The molecule has 2 N–H and O–H groups in total. The molecule has 0 amide bonds. The Bertz CT molecular complexity index is 1280. The van der Waals surface area contributed by atoms with E-state index in [4.69, 9.17) is 17.3 Å². The lowest BCUT2D eigenvalue weighted by molar-refractivity contribution is 0.151. The van der Waals surface area contributed by atoms with Crippen LogP contribution in [0, 0.1) is 12.7 Å². The largest absolute Gasteiger partial charge is 0.383 e. The molecule has 4 rings (SSSR count). The first-order chi connectivity index (χ1) is 14.3. The van der Waals surface area contributed by atoms with Crippen molar-refractivity contribution in [3.63, 3.8) is 0 Å². The minimum absolute atomic E-state index is 0.0390. The quantitative estimate of drug-likeness (QED) is 0.316. The zero-order valence-corrected chi connectivity index (χ0v) is 16.5. The van der Waals surface area contributed by atoms with Gasteiger partial charge in [0.25, 0.3) is 6.43 Å². The summed E-state index contributed by atoms with van der Waals surface area (Å²) in [6, 6.07) is 12.0. The Morgan fingerprint density at radius 2 is 1.93 bits per heavy atom. The van der Waals surface area contributed by atoms with Gasteiger partial charge in [-0.1, -0.05) is 23.7 Å². The van der Waals surface area contributed by atoms with Crippen molar-refractivity contribution in [2.45, 2.75) is 13.3 Å². The van der Waals surface area contributed by atoms with Gasteiger partial charge in [0.2, 0.25) is 0 Å². The molecule has 0 radical (unpaired) electrons. The van der Waals surface area contributed by atoms with Gasteiger partial charge in [0.1, 0.15) is 11.7 Å². The second kappa shape index (κ2) is 7.84. The predicted octanol–water partition coefficient (Wildman–Crippen LogP) is 6.08. The molecule has 2 heterocycles. The van der Waals surface area contributed by atoms with Crippen LogP contribution in [-0.4, -0.2) is 15.4 Å². The molecule has 0 aliphatic rings. The summed E-state index contributed by atoms with van der Waals surface area (Å²) in [5.74, 6) is -0.353. The van der Waals surface area contributed by atoms with E-state index in [0.717, 1.165) is 11.1 Å². The van der Waals surface area contributed by atoms with E-state index in [9.17, 15) is 13.2 Å². The molecule has 8 heteroatoms. The molecule has 30 heavy (non-hydrogen) atoms. The number of aromatic nitrogens is 2. The lowest BCUT2D eigenvalue weighted by atomic mass is 10.0. The topological polar surface area (TPSA) is 55.7 Å². The number of benzene rings is 2.